The van der Waals surface area contributed by atoms with Gasteiger partial charge in [0.2, 0.25) is 0 Å². The number of aromatic hydroxyl groups is 1. The zero-order chi connectivity index (χ0) is 10.6. The molecule has 78 valence electrons. The van der Waals surface area contributed by atoms with Crippen molar-refractivity contribution in [2.45, 2.75) is 26.7 Å². The van der Waals surface area contributed by atoms with Crippen LogP contribution in [0.4, 0.5) is 0 Å². The van der Waals surface area contributed by atoms with Crippen molar-refractivity contribution in [3.05, 3.63) is 22.2 Å². The van der Waals surface area contributed by atoms with Gasteiger partial charge in [-0.3, -0.25) is 0 Å². The second kappa shape index (κ2) is 5.25. The van der Waals surface area contributed by atoms with Gasteiger partial charge in [0.25, 0.3) is 0 Å². The Hall–Kier alpha value is -0.700. The number of halogens is 1. The third-order valence-corrected chi connectivity index (χ3v) is 3.01. The Balaban J connectivity index is 2.69. The highest BCUT2D eigenvalue weighted by Crippen LogP contribution is 2.31. The second-order valence-electron chi connectivity index (χ2n) is 3.28. The SMILES string of the molecule is CCCCOc1cc(C)c(Br)c(O)c1. The molecule has 0 aliphatic heterocycles. The molecule has 0 radical (unpaired) electrons. The number of phenols is 1. The molecule has 0 saturated heterocycles. The number of ether oxygens (including phenoxy) is 1. The Morgan fingerprint density at radius 3 is 2.71 bits per heavy atom. The van der Waals surface area contributed by atoms with Crippen LogP contribution in [0, 0.1) is 6.92 Å². The minimum absolute atomic E-state index is 0.233. The minimum Gasteiger partial charge on any atom is -0.507 e. The van der Waals surface area contributed by atoms with E-state index < -0.39 is 0 Å². The number of hydrogen-bond acceptors (Lipinski definition) is 2. The highest BCUT2D eigenvalue weighted by atomic mass is 79.9. The van der Waals surface area contributed by atoms with Gasteiger partial charge in [-0.1, -0.05) is 13.3 Å². The molecular weight excluding hydrogens is 244 g/mol. The molecule has 14 heavy (non-hydrogen) atoms. The molecule has 0 atom stereocenters. The fourth-order valence-corrected chi connectivity index (χ4v) is 1.37. The average Bonchev–Trinajstić information content (AvgIpc) is 2.14. The monoisotopic (exact) mass is 258 g/mol. The van der Waals surface area contributed by atoms with Crippen molar-refractivity contribution in [3.8, 4) is 11.5 Å². The van der Waals surface area contributed by atoms with E-state index in [0.29, 0.717) is 6.61 Å². The van der Waals surface area contributed by atoms with E-state index in [1.165, 1.54) is 0 Å². The van der Waals surface area contributed by atoms with Crippen LogP contribution in [0.2, 0.25) is 0 Å². The van der Waals surface area contributed by atoms with E-state index in [-0.39, 0.29) is 5.75 Å². The molecule has 0 saturated carbocycles. The lowest BCUT2D eigenvalue weighted by atomic mass is 10.2. The van der Waals surface area contributed by atoms with Gasteiger partial charge < -0.3 is 9.84 Å². The Morgan fingerprint density at radius 1 is 1.43 bits per heavy atom. The molecule has 3 heteroatoms. The zero-order valence-corrected chi connectivity index (χ0v) is 10.1. The van der Waals surface area contributed by atoms with E-state index >= 15 is 0 Å². The zero-order valence-electron chi connectivity index (χ0n) is 8.51. The Labute approximate surface area is 93.0 Å². The summed E-state index contributed by atoms with van der Waals surface area (Å²) in [5.74, 6) is 0.966. The molecule has 0 heterocycles. The first-order chi connectivity index (χ1) is 6.65. The van der Waals surface area contributed by atoms with Gasteiger partial charge in [-0.05, 0) is 40.9 Å². The van der Waals surface area contributed by atoms with E-state index in [4.69, 9.17) is 4.74 Å². The lowest BCUT2D eigenvalue weighted by Crippen LogP contribution is -1.96. The van der Waals surface area contributed by atoms with Crippen LogP contribution in [0.15, 0.2) is 16.6 Å². The molecule has 0 bridgehead atoms. The normalized spacial score (nSPS) is 10.2. The molecule has 0 aliphatic carbocycles. The van der Waals surface area contributed by atoms with Gasteiger partial charge in [0, 0.05) is 6.07 Å². The van der Waals surface area contributed by atoms with E-state index in [1.807, 2.05) is 13.0 Å². The third-order valence-electron chi connectivity index (χ3n) is 1.98. The number of unbranched alkanes of at least 4 members (excludes halogenated alkanes) is 1. The number of benzene rings is 1. The Kier molecular flexibility index (Phi) is 4.26. The molecule has 2 nitrogen and oxygen atoms in total. The summed E-state index contributed by atoms with van der Waals surface area (Å²) in [6, 6.07) is 3.55. The lowest BCUT2D eigenvalue weighted by Gasteiger charge is -2.08. The van der Waals surface area contributed by atoms with Crippen molar-refractivity contribution in [2.24, 2.45) is 0 Å². The number of phenolic OH excluding ortho intramolecular Hbond substituents is 1. The van der Waals surface area contributed by atoms with Crippen LogP contribution >= 0.6 is 15.9 Å². The fourth-order valence-electron chi connectivity index (χ4n) is 1.14. The number of rotatable bonds is 4. The smallest absolute Gasteiger partial charge is 0.133 e. The van der Waals surface area contributed by atoms with Crippen molar-refractivity contribution in [1.82, 2.24) is 0 Å². The van der Waals surface area contributed by atoms with E-state index in [9.17, 15) is 5.11 Å². The second-order valence-corrected chi connectivity index (χ2v) is 4.07. The fraction of sp³-hybridized carbons (Fsp3) is 0.455. The maximum Gasteiger partial charge on any atom is 0.133 e. The van der Waals surface area contributed by atoms with Crippen molar-refractivity contribution in [1.29, 1.82) is 0 Å². The summed E-state index contributed by atoms with van der Waals surface area (Å²) >= 11 is 3.29. The minimum atomic E-state index is 0.233. The van der Waals surface area contributed by atoms with Gasteiger partial charge in [-0.15, -0.1) is 0 Å². The van der Waals surface area contributed by atoms with Crippen LogP contribution in [0.3, 0.4) is 0 Å². The molecule has 0 fully saturated rings. The molecule has 1 N–H and O–H groups in total. The van der Waals surface area contributed by atoms with Gasteiger partial charge in [0.15, 0.2) is 0 Å². The van der Waals surface area contributed by atoms with Crippen molar-refractivity contribution in [3.63, 3.8) is 0 Å². The van der Waals surface area contributed by atoms with Crippen molar-refractivity contribution in [2.75, 3.05) is 6.61 Å². The molecule has 0 aromatic heterocycles. The maximum atomic E-state index is 9.51. The van der Waals surface area contributed by atoms with Crippen LogP contribution in [0.1, 0.15) is 25.3 Å². The predicted molar refractivity (Wildman–Crippen MR) is 60.9 cm³/mol. The van der Waals surface area contributed by atoms with Crippen LogP contribution in [0.25, 0.3) is 0 Å². The lowest BCUT2D eigenvalue weighted by molar-refractivity contribution is 0.307. The number of aryl methyl sites for hydroxylation is 1. The first-order valence-corrected chi connectivity index (χ1v) is 5.56. The topological polar surface area (TPSA) is 29.5 Å². The van der Waals surface area contributed by atoms with E-state index in [2.05, 4.69) is 22.9 Å². The molecule has 0 spiro atoms. The van der Waals surface area contributed by atoms with Gasteiger partial charge in [0.1, 0.15) is 11.5 Å². The molecule has 0 aliphatic rings. The van der Waals surface area contributed by atoms with Crippen molar-refractivity contribution >= 4 is 15.9 Å². The summed E-state index contributed by atoms with van der Waals surface area (Å²) in [5, 5.41) is 9.51. The Bertz CT molecular complexity index is 287. The van der Waals surface area contributed by atoms with Gasteiger partial charge >= 0.3 is 0 Å². The quantitative estimate of drug-likeness (QED) is 0.836. The van der Waals surface area contributed by atoms with E-state index in [0.717, 1.165) is 28.6 Å². The summed E-state index contributed by atoms with van der Waals surface area (Å²) < 4.78 is 6.22. The van der Waals surface area contributed by atoms with Gasteiger partial charge in [0.05, 0.1) is 11.1 Å². The van der Waals surface area contributed by atoms with Crippen LogP contribution in [0.5, 0.6) is 11.5 Å². The van der Waals surface area contributed by atoms with E-state index in [1.54, 1.807) is 6.07 Å². The highest BCUT2D eigenvalue weighted by molar-refractivity contribution is 9.10. The molecule has 1 aromatic carbocycles. The molecule has 1 aromatic rings. The summed E-state index contributed by atoms with van der Waals surface area (Å²) in [6.07, 6.45) is 2.15. The first-order valence-electron chi connectivity index (χ1n) is 4.77. The standard InChI is InChI=1S/C11H15BrO2/c1-3-4-5-14-9-6-8(2)11(12)10(13)7-9/h6-7,13H,3-5H2,1-2H3. The summed E-state index contributed by atoms with van der Waals surface area (Å²) in [4.78, 5) is 0. The molecule has 1 rings (SSSR count). The maximum absolute atomic E-state index is 9.51. The van der Waals surface area contributed by atoms with Crippen LogP contribution in [-0.2, 0) is 0 Å². The molecule has 0 unspecified atom stereocenters. The summed E-state index contributed by atoms with van der Waals surface area (Å²) in [5.41, 5.74) is 0.983. The first kappa shape index (κ1) is 11.4. The third kappa shape index (κ3) is 2.91. The van der Waals surface area contributed by atoms with Crippen LogP contribution < -0.4 is 4.74 Å². The average molecular weight is 259 g/mol. The summed E-state index contributed by atoms with van der Waals surface area (Å²) in [6.45, 7) is 4.75. The van der Waals surface area contributed by atoms with Gasteiger partial charge in [-0.25, -0.2) is 0 Å². The van der Waals surface area contributed by atoms with Crippen molar-refractivity contribution < 1.29 is 9.84 Å². The highest BCUT2D eigenvalue weighted by Gasteiger charge is 2.04. The van der Waals surface area contributed by atoms with Crippen LogP contribution in [-0.4, -0.2) is 11.7 Å². The largest absolute Gasteiger partial charge is 0.507 e. The predicted octanol–water partition coefficient (Wildman–Crippen LogP) is 3.64. The Morgan fingerprint density at radius 2 is 2.14 bits per heavy atom. The number of hydrogen-bond donors (Lipinski definition) is 1. The summed E-state index contributed by atoms with van der Waals surface area (Å²) in [7, 11) is 0. The molecular formula is C11H15BrO2. The van der Waals surface area contributed by atoms with Gasteiger partial charge in [-0.2, -0.15) is 0 Å². The molecule has 0 amide bonds.